The van der Waals surface area contributed by atoms with Gasteiger partial charge in [-0.3, -0.25) is 0 Å². The zero-order chi connectivity index (χ0) is 9.14. The summed E-state index contributed by atoms with van der Waals surface area (Å²) in [4.78, 5) is 20.9. The van der Waals surface area contributed by atoms with Crippen molar-refractivity contribution in [3.63, 3.8) is 0 Å². The Hall–Kier alpha value is 0.160. The number of hydrogen-bond acceptors (Lipinski definition) is 2. The predicted octanol–water partition coefficient (Wildman–Crippen LogP) is -4.57. The Morgan fingerprint density at radius 2 is 1.29 bits per heavy atom. The largest absolute Gasteiger partial charge is 1.00 e. The number of hydrogen-bond donors (Lipinski definition) is 2. The van der Waals surface area contributed by atoms with E-state index in [0.717, 1.165) is 0 Å². The minimum atomic E-state index is -1.23. The minimum Gasteiger partial charge on any atom is -1.00 e. The number of aromatic carboxylic acids is 2. The predicted molar refractivity (Wildman–Crippen MR) is 43.7 cm³/mol. The van der Waals surface area contributed by atoms with Crippen molar-refractivity contribution < 1.29 is 83.2 Å². The SMILES string of the molecule is O=C(O)c1ccccc1C(=O)O.[H+].[H-].[H-].[Na+].[Na+]. The molecule has 0 heterocycles. The molecule has 0 aliphatic carbocycles. The molecule has 0 aliphatic heterocycles. The summed E-state index contributed by atoms with van der Waals surface area (Å²) in [5, 5.41) is 17.1. The molecule has 6 heteroatoms. The molecule has 4 nitrogen and oxygen atoms in total. The van der Waals surface area contributed by atoms with Gasteiger partial charge in [-0.15, -0.1) is 0 Å². The van der Waals surface area contributed by atoms with Gasteiger partial charge in [0.05, 0.1) is 11.1 Å². The summed E-state index contributed by atoms with van der Waals surface area (Å²) in [6, 6.07) is 5.48. The van der Waals surface area contributed by atoms with E-state index in [1.807, 2.05) is 0 Å². The Bertz CT molecular complexity index is 316. The summed E-state index contributed by atoms with van der Waals surface area (Å²) in [5.74, 6) is -2.46. The van der Waals surface area contributed by atoms with E-state index in [1.54, 1.807) is 0 Å². The fourth-order valence-electron chi connectivity index (χ4n) is 0.856. The van der Waals surface area contributed by atoms with Crippen LogP contribution in [0, 0.1) is 0 Å². The fourth-order valence-corrected chi connectivity index (χ4v) is 0.856. The summed E-state index contributed by atoms with van der Waals surface area (Å²) in [6.45, 7) is 0. The molecule has 0 bridgehead atoms. The molecule has 2 N–H and O–H groups in total. The van der Waals surface area contributed by atoms with Crippen molar-refractivity contribution in [2.75, 3.05) is 0 Å². The zero-order valence-corrected chi connectivity index (χ0v) is 12.0. The maximum absolute atomic E-state index is 10.5. The van der Waals surface area contributed by atoms with Gasteiger partial charge in [0.15, 0.2) is 0 Å². The van der Waals surface area contributed by atoms with Crippen LogP contribution in [0.3, 0.4) is 0 Å². The van der Waals surface area contributed by atoms with Crippen molar-refractivity contribution in [2.24, 2.45) is 0 Å². The van der Waals surface area contributed by atoms with Crippen molar-refractivity contribution in [3.8, 4) is 0 Å². The molecule has 14 heavy (non-hydrogen) atoms. The summed E-state index contributed by atoms with van der Waals surface area (Å²) in [6.07, 6.45) is 0. The Morgan fingerprint density at radius 3 is 1.50 bits per heavy atom. The fraction of sp³-hybridized carbons (Fsp3) is 0. The molecule has 0 saturated carbocycles. The van der Waals surface area contributed by atoms with Crippen molar-refractivity contribution in [1.29, 1.82) is 0 Å². The summed E-state index contributed by atoms with van der Waals surface area (Å²) in [7, 11) is 0. The Morgan fingerprint density at radius 1 is 1.00 bits per heavy atom. The zero-order valence-electron chi connectivity index (χ0n) is 11.0. The molecule has 0 atom stereocenters. The van der Waals surface area contributed by atoms with E-state index in [4.69, 9.17) is 10.2 Å². The molecule has 0 aromatic heterocycles. The minimum absolute atomic E-state index is 0. The Kier molecular flexibility index (Phi) is 8.83. The number of rotatable bonds is 2. The second-order valence-electron chi connectivity index (χ2n) is 2.16. The maximum Gasteiger partial charge on any atom is 1.00 e. The van der Waals surface area contributed by atoms with Gasteiger partial charge >= 0.3 is 72.5 Å². The molecule has 0 aliphatic rings. The van der Waals surface area contributed by atoms with E-state index in [0.29, 0.717) is 0 Å². The Labute approximate surface area is 129 Å². The molecule has 0 amide bonds. The number of carboxylic acids is 2. The van der Waals surface area contributed by atoms with E-state index >= 15 is 0 Å². The summed E-state index contributed by atoms with van der Waals surface area (Å²) in [5.41, 5.74) is -0.380. The van der Waals surface area contributed by atoms with Gasteiger partial charge in [0, 0.05) is 0 Å². The average Bonchev–Trinajstić information content (AvgIpc) is 2.04. The van der Waals surface area contributed by atoms with Gasteiger partial charge in [-0.2, -0.15) is 0 Å². The molecule has 0 fully saturated rings. The van der Waals surface area contributed by atoms with E-state index in [-0.39, 0.29) is 74.5 Å². The van der Waals surface area contributed by atoms with E-state index in [9.17, 15) is 9.59 Å². The van der Waals surface area contributed by atoms with Crippen LogP contribution in [0.25, 0.3) is 0 Å². The molecule has 0 saturated heterocycles. The Balaban J connectivity index is -0.0000000960. The van der Waals surface area contributed by atoms with Crippen LogP contribution >= 0.6 is 0 Å². The summed E-state index contributed by atoms with van der Waals surface area (Å²) >= 11 is 0. The van der Waals surface area contributed by atoms with Gasteiger partial charge in [0.25, 0.3) is 0 Å². The quantitative estimate of drug-likeness (QED) is 0.487. The van der Waals surface area contributed by atoms with Crippen LogP contribution in [0.15, 0.2) is 24.3 Å². The van der Waals surface area contributed by atoms with Crippen molar-refractivity contribution in [3.05, 3.63) is 35.4 Å². The van der Waals surface area contributed by atoms with Gasteiger partial charge in [-0.05, 0) is 12.1 Å². The molecule has 1 rings (SSSR count). The van der Waals surface area contributed by atoms with Crippen LogP contribution in [0.1, 0.15) is 25.0 Å². The van der Waals surface area contributed by atoms with E-state index in [1.165, 1.54) is 24.3 Å². The number of carbonyl (C=O) groups is 2. The molecule has 66 valence electrons. The molecule has 1 aromatic rings. The first-order chi connectivity index (χ1) is 5.63. The molecule has 0 unspecified atom stereocenters. The number of benzene rings is 1. The van der Waals surface area contributed by atoms with E-state index in [2.05, 4.69) is 0 Å². The third-order valence-electron chi connectivity index (χ3n) is 1.39. The van der Waals surface area contributed by atoms with Crippen LogP contribution in [0.2, 0.25) is 0 Å². The standard InChI is InChI=1S/C8H6O4.2Na.2H/c9-7(10)5-3-1-2-4-6(5)8(11)12;;;;/h1-4H,(H,9,10)(H,11,12);;;;/q;2*+1;2*-1/p+1. The van der Waals surface area contributed by atoms with Gasteiger partial charge < -0.3 is 13.1 Å². The third kappa shape index (κ3) is 4.13. The van der Waals surface area contributed by atoms with Gasteiger partial charge in [-0.1, -0.05) is 12.1 Å². The number of carboxylic acid groups (broad SMARTS) is 2. The van der Waals surface area contributed by atoms with Crippen LogP contribution in [0.5, 0.6) is 0 Å². The van der Waals surface area contributed by atoms with Crippen LogP contribution in [-0.2, 0) is 0 Å². The first-order valence-corrected chi connectivity index (χ1v) is 3.18. The second kappa shape index (κ2) is 7.45. The normalized spacial score (nSPS) is 8.00. The van der Waals surface area contributed by atoms with Gasteiger partial charge in [0.1, 0.15) is 0 Å². The van der Waals surface area contributed by atoms with Crippen LogP contribution in [-0.4, -0.2) is 22.2 Å². The molecular formula is C8H9Na2O4+. The van der Waals surface area contributed by atoms with Gasteiger partial charge in [0.2, 0.25) is 0 Å². The first-order valence-electron chi connectivity index (χ1n) is 3.18. The third-order valence-corrected chi connectivity index (χ3v) is 1.39. The van der Waals surface area contributed by atoms with Crippen molar-refractivity contribution in [2.45, 2.75) is 0 Å². The smallest absolute Gasteiger partial charge is 1.00 e. The molecule has 0 radical (unpaired) electrons. The monoisotopic (exact) mass is 215 g/mol. The first kappa shape index (κ1) is 16.6. The molecule has 1 aromatic carbocycles. The van der Waals surface area contributed by atoms with Crippen molar-refractivity contribution >= 4 is 11.9 Å². The average molecular weight is 215 g/mol. The van der Waals surface area contributed by atoms with Crippen LogP contribution < -0.4 is 59.1 Å². The van der Waals surface area contributed by atoms with Crippen LogP contribution in [0.4, 0.5) is 0 Å². The molecule has 0 spiro atoms. The maximum atomic E-state index is 10.5. The van der Waals surface area contributed by atoms with E-state index < -0.39 is 11.9 Å². The second-order valence-corrected chi connectivity index (χ2v) is 2.16. The topological polar surface area (TPSA) is 74.6 Å². The van der Waals surface area contributed by atoms with Gasteiger partial charge in [-0.25, -0.2) is 9.59 Å². The molecular weight excluding hydrogens is 206 g/mol. The van der Waals surface area contributed by atoms with Crippen molar-refractivity contribution in [1.82, 2.24) is 0 Å². The summed E-state index contributed by atoms with van der Waals surface area (Å²) < 4.78 is 0.